The highest BCUT2D eigenvalue weighted by Crippen LogP contribution is 2.17. The number of benzene rings is 2. The van der Waals surface area contributed by atoms with Crippen LogP contribution in [-0.4, -0.2) is 16.4 Å². The molecular weight excluding hydrogens is 346 g/mol. The summed E-state index contributed by atoms with van der Waals surface area (Å²) in [5, 5.41) is 3.36. The molecule has 0 saturated heterocycles. The molecule has 3 aromatic rings. The van der Waals surface area contributed by atoms with Crippen LogP contribution in [0.4, 0.5) is 8.78 Å². The number of hydrogen-bond acceptors (Lipinski definition) is 2. The molecule has 0 spiro atoms. The number of carbonyl (C=O) groups excluding carboxylic acids is 1. The summed E-state index contributed by atoms with van der Waals surface area (Å²) in [7, 11) is 0. The number of hydrogen-bond donors (Lipinski definition) is 1. The maximum absolute atomic E-state index is 13.7. The van der Waals surface area contributed by atoms with Crippen molar-refractivity contribution in [3.05, 3.63) is 77.0 Å². The van der Waals surface area contributed by atoms with E-state index in [0.29, 0.717) is 16.5 Å². The fraction of sp³-hybridized carbons (Fsp3) is 0.182. The standard InChI is InChI=1S/C22H18F2N2O/c1-14-7-8-18(23)12-15(14)9-10-22(2,3)26-21(27)17-11-16-5-4-6-19(24)20(16)25-13-17/h4-8,11-13H,1-3H3,(H,26,27). The van der Waals surface area contributed by atoms with Crippen molar-refractivity contribution in [2.45, 2.75) is 26.3 Å². The first-order valence-electron chi connectivity index (χ1n) is 8.41. The zero-order valence-electron chi connectivity index (χ0n) is 15.2. The van der Waals surface area contributed by atoms with Gasteiger partial charge in [0.2, 0.25) is 0 Å². The molecule has 0 atom stereocenters. The van der Waals surface area contributed by atoms with Gasteiger partial charge in [0.05, 0.1) is 11.1 Å². The number of pyridine rings is 1. The molecule has 3 nitrogen and oxygen atoms in total. The molecule has 0 aliphatic rings. The van der Waals surface area contributed by atoms with Gasteiger partial charge >= 0.3 is 0 Å². The Morgan fingerprint density at radius 3 is 2.70 bits per heavy atom. The maximum atomic E-state index is 13.7. The van der Waals surface area contributed by atoms with Gasteiger partial charge in [0, 0.05) is 17.1 Å². The van der Waals surface area contributed by atoms with Gasteiger partial charge in [0.15, 0.2) is 0 Å². The van der Waals surface area contributed by atoms with Gasteiger partial charge in [-0.1, -0.05) is 30.0 Å². The summed E-state index contributed by atoms with van der Waals surface area (Å²) in [4.78, 5) is 16.6. The molecule has 0 aliphatic heterocycles. The molecule has 0 unspecified atom stereocenters. The molecule has 0 fully saturated rings. The van der Waals surface area contributed by atoms with E-state index < -0.39 is 11.4 Å². The van der Waals surface area contributed by atoms with Gasteiger partial charge in [-0.3, -0.25) is 9.78 Å². The van der Waals surface area contributed by atoms with Crippen LogP contribution in [-0.2, 0) is 0 Å². The second-order valence-corrected chi connectivity index (χ2v) is 6.82. The number of halogens is 2. The van der Waals surface area contributed by atoms with Gasteiger partial charge in [-0.25, -0.2) is 8.78 Å². The molecule has 136 valence electrons. The van der Waals surface area contributed by atoms with E-state index in [9.17, 15) is 13.6 Å². The Balaban J connectivity index is 1.82. The molecule has 2 aromatic carbocycles. The zero-order chi connectivity index (χ0) is 19.6. The monoisotopic (exact) mass is 364 g/mol. The molecule has 1 heterocycles. The van der Waals surface area contributed by atoms with Crippen molar-refractivity contribution in [3.63, 3.8) is 0 Å². The molecular formula is C22H18F2N2O. The summed E-state index contributed by atoms with van der Waals surface area (Å²) >= 11 is 0. The van der Waals surface area contributed by atoms with Crippen molar-refractivity contribution >= 4 is 16.8 Å². The van der Waals surface area contributed by atoms with Crippen LogP contribution in [0, 0.1) is 30.4 Å². The van der Waals surface area contributed by atoms with Crippen LogP contribution in [0.5, 0.6) is 0 Å². The predicted molar refractivity (Wildman–Crippen MR) is 101 cm³/mol. The van der Waals surface area contributed by atoms with Crippen molar-refractivity contribution in [2.24, 2.45) is 0 Å². The Labute approximate surface area is 156 Å². The zero-order valence-corrected chi connectivity index (χ0v) is 15.2. The molecule has 5 heteroatoms. The lowest BCUT2D eigenvalue weighted by Crippen LogP contribution is -2.42. The summed E-state index contributed by atoms with van der Waals surface area (Å²) in [6, 6.07) is 10.6. The minimum Gasteiger partial charge on any atom is -0.336 e. The highest BCUT2D eigenvalue weighted by Gasteiger charge is 2.19. The third kappa shape index (κ3) is 4.29. The van der Waals surface area contributed by atoms with Gasteiger partial charge < -0.3 is 5.32 Å². The molecule has 1 amide bonds. The first-order valence-corrected chi connectivity index (χ1v) is 8.41. The van der Waals surface area contributed by atoms with E-state index in [1.54, 1.807) is 38.1 Å². The van der Waals surface area contributed by atoms with E-state index in [1.165, 1.54) is 24.4 Å². The lowest BCUT2D eigenvalue weighted by Gasteiger charge is -2.20. The second-order valence-electron chi connectivity index (χ2n) is 6.82. The average molecular weight is 364 g/mol. The quantitative estimate of drug-likeness (QED) is 0.686. The Hall–Kier alpha value is -3.26. The molecule has 0 saturated carbocycles. The Bertz CT molecular complexity index is 1090. The molecule has 3 rings (SSSR count). The highest BCUT2D eigenvalue weighted by atomic mass is 19.1. The van der Waals surface area contributed by atoms with E-state index in [1.807, 2.05) is 6.92 Å². The Kier molecular flexibility index (Phi) is 4.91. The van der Waals surface area contributed by atoms with Crippen LogP contribution in [0.15, 0.2) is 48.7 Å². The van der Waals surface area contributed by atoms with Crippen LogP contribution < -0.4 is 5.32 Å². The average Bonchev–Trinajstić information content (AvgIpc) is 2.62. The number of para-hydroxylation sites is 1. The molecule has 0 bridgehead atoms. The topological polar surface area (TPSA) is 42.0 Å². The number of aryl methyl sites for hydroxylation is 1. The number of fused-ring (bicyclic) bond motifs is 1. The van der Waals surface area contributed by atoms with Crippen molar-refractivity contribution in [1.82, 2.24) is 10.3 Å². The van der Waals surface area contributed by atoms with Gasteiger partial charge in [0.1, 0.15) is 17.2 Å². The lowest BCUT2D eigenvalue weighted by molar-refractivity contribution is 0.0929. The minimum absolute atomic E-state index is 0.217. The summed E-state index contributed by atoms with van der Waals surface area (Å²) in [6.07, 6.45) is 1.33. The van der Waals surface area contributed by atoms with Gasteiger partial charge in [0.25, 0.3) is 5.91 Å². The van der Waals surface area contributed by atoms with Crippen LogP contribution in [0.25, 0.3) is 10.9 Å². The van der Waals surface area contributed by atoms with Crippen molar-refractivity contribution in [2.75, 3.05) is 0 Å². The van der Waals surface area contributed by atoms with Crippen LogP contribution in [0.1, 0.15) is 35.3 Å². The summed E-state index contributed by atoms with van der Waals surface area (Å²) in [5.74, 6) is 4.71. The third-order valence-corrected chi connectivity index (χ3v) is 4.06. The van der Waals surface area contributed by atoms with E-state index in [2.05, 4.69) is 22.1 Å². The number of nitrogens with zero attached hydrogens (tertiary/aromatic N) is 1. The van der Waals surface area contributed by atoms with E-state index in [4.69, 9.17) is 0 Å². The van der Waals surface area contributed by atoms with E-state index >= 15 is 0 Å². The van der Waals surface area contributed by atoms with Crippen molar-refractivity contribution < 1.29 is 13.6 Å². The number of carbonyl (C=O) groups is 1. The summed E-state index contributed by atoms with van der Waals surface area (Å²) in [6.45, 7) is 5.34. The Morgan fingerprint density at radius 1 is 1.15 bits per heavy atom. The lowest BCUT2D eigenvalue weighted by atomic mass is 10.0. The molecule has 0 radical (unpaired) electrons. The summed E-state index contributed by atoms with van der Waals surface area (Å²) in [5.41, 5.74) is 1.10. The fourth-order valence-electron chi connectivity index (χ4n) is 2.59. The molecule has 0 aliphatic carbocycles. The normalized spacial score (nSPS) is 11.0. The molecule has 1 aromatic heterocycles. The number of rotatable bonds is 2. The summed E-state index contributed by atoms with van der Waals surface area (Å²) < 4.78 is 27.1. The molecule has 1 N–H and O–H groups in total. The Morgan fingerprint density at radius 2 is 1.93 bits per heavy atom. The predicted octanol–water partition coefficient (Wildman–Crippen LogP) is 4.38. The van der Waals surface area contributed by atoms with Gasteiger partial charge in [-0.15, -0.1) is 0 Å². The maximum Gasteiger partial charge on any atom is 0.254 e. The minimum atomic E-state index is -0.854. The first kappa shape index (κ1) is 18.5. The van der Waals surface area contributed by atoms with Crippen molar-refractivity contribution in [1.29, 1.82) is 0 Å². The SMILES string of the molecule is Cc1ccc(F)cc1C#CC(C)(C)NC(=O)c1cnc2c(F)cccc2c1. The largest absolute Gasteiger partial charge is 0.336 e. The first-order chi connectivity index (χ1) is 12.7. The fourth-order valence-corrected chi connectivity index (χ4v) is 2.59. The smallest absolute Gasteiger partial charge is 0.254 e. The second kappa shape index (κ2) is 7.16. The van der Waals surface area contributed by atoms with Crippen LogP contribution in [0.3, 0.4) is 0 Å². The number of amides is 1. The van der Waals surface area contributed by atoms with Crippen LogP contribution in [0.2, 0.25) is 0 Å². The highest BCUT2D eigenvalue weighted by molar-refractivity contribution is 5.97. The number of nitrogens with one attached hydrogen (secondary N) is 1. The number of aromatic nitrogens is 1. The van der Waals surface area contributed by atoms with Crippen LogP contribution >= 0.6 is 0 Å². The van der Waals surface area contributed by atoms with E-state index in [-0.39, 0.29) is 17.2 Å². The van der Waals surface area contributed by atoms with Gasteiger partial charge in [-0.05, 0) is 50.6 Å². The third-order valence-electron chi connectivity index (χ3n) is 4.06. The molecule has 27 heavy (non-hydrogen) atoms. The van der Waals surface area contributed by atoms with E-state index in [0.717, 1.165) is 5.56 Å². The van der Waals surface area contributed by atoms with Crippen molar-refractivity contribution in [3.8, 4) is 11.8 Å². The van der Waals surface area contributed by atoms with Gasteiger partial charge in [-0.2, -0.15) is 0 Å².